The maximum Gasteiger partial charge on any atom is 0.416 e. The summed E-state index contributed by atoms with van der Waals surface area (Å²) in [4.78, 5) is 13.0. The van der Waals surface area contributed by atoms with E-state index in [0.29, 0.717) is 21.2 Å². The van der Waals surface area contributed by atoms with Crippen LogP contribution in [-0.2, 0) is 12.4 Å². The van der Waals surface area contributed by atoms with E-state index in [1.165, 1.54) is 24.3 Å². The molecule has 0 spiro atoms. The number of aromatic nitrogens is 3. The molecular weight excluding hydrogens is 444 g/mol. The van der Waals surface area contributed by atoms with Crippen LogP contribution in [0.15, 0.2) is 48.5 Å². The number of rotatable bonds is 3. The number of nitrogens with zero attached hydrogens (tertiary/aromatic N) is 3. The van der Waals surface area contributed by atoms with Gasteiger partial charge in [-0.15, -0.1) is 0 Å². The van der Waals surface area contributed by atoms with Gasteiger partial charge in [0.1, 0.15) is 5.52 Å². The number of hydrogen-bond acceptors (Lipinski definition) is 6. The quantitative estimate of drug-likeness (QED) is 0.364. The molecule has 2 aromatic heterocycles. The van der Waals surface area contributed by atoms with Crippen molar-refractivity contribution in [3.63, 3.8) is 0 Å². The number of nitrogens with two attached hydrogens (primary N) is 1. The Morgan fingerprint density at radius 3 is 1.84 bits per heavy atom. The minimum absolute atomic E-state index is 0.0246. The molecule has 0 unspecified atom stereocenters. The monoisotopic (exact) mass is 455 g/mol. The maximum atomic E-state index is 12.7. The molecule has 3 N–H and O–H groups in total. The summed E-state index contributed by atoms with van der Waals surface area (Å²) in [5.74, 6) is 0.153. The number of benzene rings is 2. The normalized spacial score (nSPS) is 12.3. The highest BCUT2D eigenvalue weighted by atomic mass is 32.1. The SMILES string of the molecule is Nc1nc(-c2ccc(C(F)(F)F)cc2)nc2sc(Nc3ccc(C(F)(F)F)cc3)nc12. The molecule has 0 aliphatic heterocycles. The summed E-state index contributed by atoms with van der Waals surface area (Å²) in [5, 5.41) is 3.19. The fourth-order valence-corrected chi connectivity index (χ4v) is 3.57. The second-order valence-electron chi connectivity index (χ2n) is 6.38. The first-order valence-corrected chi connectivity index (χ1v) is 9.38. The molecule has 0 aliphatic rings. The Labute approximate surface area is 174 Å². The molecule has 0 fully saturated rings. The van der Waals surface area contributed by atoms with Crippen LogP contribution in [-0.4, -0.2) is 15.0 Å². The number of halogens is 6. The van der Waals surface area contributed by atoms with Gasteiger partial charge in [0.15, 0.2) is 21.6 Å². The number of nitrogens with one attached hydrogen (secondary N) is 1. The molecule has 2 heterocycles. The van der Waals surface area contributed by atoms with Gasteiger partial charge in [-0.2, -0.15) is 26.3 Å². The zero-order chi connectivity index (χ0) is 22.4. The fraction of sp³-hybridized carbons (Fsp3) is 0.105. The van der Waals surface area contributed by atoms with Crippen molar-refractivity contribution in [3.8, 4) is 11.4 Å². The fourth-order valence-electron chi connectivity index (χ4n) is 2.70. The van der Waals surface area contributed by atoms with E-state index in [1.54, 1.807) is 0 Å². The molecule has 4 rings (SSSR count). The minimum atomic E-state index is -4.46. The molecule has 0 amide bonds. The van der Waals surface area contributed by atoms with Crippen molar-refractivity contribution < 1.29 is 26.3 Å². The molecule has 0 saturated carbocycles. The predicted molar refractivity (Wildman–Crippen MR) is 105 cm³/mol. The molecule has 5 nitrogen and oxygen atoms in total. The lowest BCUT2D eigenvalue weighted by Crippen LogP contribution is -2.04. The molecule has 0 aliphatic carbocycles. The maximum absolute atomic E-state index is 12.7. The van der Waals surface area contributed by atoms with Crippen LogP contribution in [0.4, 0.5) is 43.0 Å². The molecule has 0 radical (unpaired) electrons. The van der Waals surface area contributed by atoms with Crippen molar-refractivity contribution in [2.24, 2.45) is 0 Å². The molecule has 160 valence electrons. The van der Waals surface area contributed by atoms with E-state index >= 15 is 0 Å². The Kier molecular flexibility index (Phi) is 4.96. The van der Waals surface area contributed by atoms with Crippen LogP contribution in [0.25, 0.3) is 21.7 Å². The summed E-state index contributed by atoms with van der Waals surface area (Å²) < 4.78 is 76.2. The Bertz CT molecular complexity index is 1230. The van der Waals surface area contributed by atoms with Crippen molar-refractivity contribution in [1.82, 2.24) is 15.0 Å². The summed E-state index contributed by atoms with van der Waals surface area (Å²) in [6, 6.07) is 8.72. The summed E-state index contributed by atoms with van der Waals surface area (Å²) in [6.45, 7) is 0. The molecule has 0 atom stereocenters. The molecule has 0 saturated heterocycles. The first-order valence-electron chi connectivity index (χ1n) is 8.57. The zero-order valence-corrected chi connectivity index (χ0v) is 16.0. The van der Waals surface area contributed by atoms with E-state index in [-0.39, 0.29) is 17.2 Å². The number of hydrogen-bond donors (Lipinski definition) is 2. The summed E-state index contributed by atoms with van der Waals surface area (Å²) in [7, 11) is 0. The third-order valence-electron chi connectivity index (χ3n) is 4.22. The van der Waals surface area contributed by atoms with E-state index < -0.39 is 23.5 Å². The Hall–Kier alpha value is -3.41. The van der Waals surface area contributed by atoms with Crippen LogP contribution in [0.1, 0.15) is 11.1 Å². The van der Waals surface area contributed by atoms with Gasteiger partial charge in [0.2, 0.25) is 0 Å². The number of fused-ring (bicyclic) bond motifs is 1. The topological polar surface area (TPSA) is 76.7 Å². The van der Waals surface area contributed by atoms with Gasteiger partial charge in [-0.05, 0) is 36.4 Å². The second-order valence-corrected chi connectivity index (χ2v) is 7.36. The number of nitrogen functional groups attached to an aromatic ring is 1. The number of anilines is 3. The molecule has 4 aromatic rings. The lowest BCUT2D eigenvalue weighted by atomic mass is 10.1. The van der Waals surface area contributed by atoms with Crippen molar-refractivity contribution in [1.29, 1.82) is 0 Å². The van der Waals surface area contributed by atoms with Crippen molar-refractivity contribution in [3.05, 3.63) is 59.7 Å². The van der Waals surface area contributed by atoms with E-state index in [2.05, 4.69) is 20.3 Å². The Balaban J connectivity index is 1.62. The van der Waals surface area contributed by atoms with Gasteiger partial charge >= 0.3 is 12.4 Å². The van der Waals surface area contributed by atoms with Crippen LogP contribution < -0.4 is 11.1 Å². The summed E-state index contributed by atoms with van der Waals surface area (Å²) in [5.41, 5.74) is 5.34. The minimum Gasteiger partial charge on any atom is -0.382 e. The van der Waals surface area contributed by atoms with Crippen LogP contribution >= 0.6 is 11.3 Å². The van der Waals surface area contributed by atoms with Crippen LogP contribution in [0.2, 0.25) is 0 Å². The van der Waals surface area contributed by atoms with Crippen molar-refractivity contribution >= 4 is 38.3 Å². The van der Waals surface area contributed by atoms with Crippen LogP contribution in [0, 0.1) is 0 Å². The third kappa shape index (κ3) is 4.38. The lowest BCUT2D eigenvalue weighted by Gasteiger charge is -2.07. The highest BCUT2D eigenvalue weighted by molar-refractivity contribution is 7.21. The highest BCUT2D eigenvalue weighted by Gasteiger charge is 2.31. The van der Waals surface area contributed by atoms with Gasteiger partial charge in [-0.3, -0.25) is 0 Å². The second kappa shape index (κ2) is 7.38. The average molecular weight is 455 g/mol. The van der Waals surface area contributed by atoms with Gasteiger partial charge in [0.05, 0.1) is 11.1 Å². The van der Waals surface area contributed by atoms with Gasteiger partial charge < -0.3 is 11.1 Å². The summed E-state index contributed by atoms with van der Waals surface area (Å²) in [6.07, 6.45) is -8.90. The Morgan fingerprint density at radius 1 is 0.742 bits per heavy atom. The molecular formula is C19H11F6N5S. The molecule has 0 bridgehead atoms. The smallest absolute Gasteiger partial charge is 0.382 e. The predicted octanol–water partition coefficient (Wildman–Crippen LogP) is 6.12. The van der Waals surface area contributed by atoms with Gasteiger partial charge in [-0.25, -0.2) is 15.0 Å². The van der Waals surface area contributed by atoms with Crippen molar-refractivity contribution in [2.45, 2.75) is 12.4 Å². The highest BCUT2D eigenvalue weighted by Crippen LogP contribution is 2.34. The van der Waals surface area contributed by atoms with E-state index in [9.17, 15) is 26.3 Å². The van der Waals surface area contributed by atoms with E-state index in [1.807, 2.05) is 0 Å². The number of thiazole rings is 1. The number of alkyl halides is 6. The van der Waals surface area contributed by atoms with E-state index in [4.69, 9.17) is 5.73 Å². The van der Waals surface area contributed by atoms with Gasteiger partial charge in [0.25, 0.3) is 0 Å². The molecule has 12 heteroatoms. The lowest BCUT2D eigenvalue weighted by molar-refractivity contribution is -0.138. The van der Waals surface area contributed by atoms with Crippen LogP contribution in [0.5, 0.6) is 0 Å². The molecule has 2 aromatic carbocycles. The van der Waals surface area contributed by atoms with Gasteiger partial charge in [-0.1, -0.05) is 23.5 Å². The van der Waals surface area contributed by atoms with Crippen LogP contribution in [0.3, 0.4) is 0 Å². The Morgan fingerprint density at radius 2 is 1.29 bits per heavy atom. The third-order valence-corrected chi connectivity index (χ3v) is 5.08. The van der Waals surface area contributed by atoms with E-state index in [0.717, 1.165) is 35.6 Å². The first kappa shape index (κ1) is 20.8. The molecule has 31 heavy (non-hydrogen) atoms. The largest absolute Gasteiger partial charge is 0.416 e. The first-order chi connectivity index (χ1) is 14.5. The summed E-state index contributed by atoms with van der Waals surface area (Å²) >= 11 is 1.08. The van der Waals surface area contributed by atoms with Crippen molar-refractivity contribution in [2.75, 3.05) is 11.1 Å². The average Bonchev–Trinajstić information content (AvgIpc) is 3.10. The standard InChI is InChI=1S/C19H11F6N5S/c20-18(21,22)10-3-1-9(2-4-10)15-29-14(26)13-16(30-15)31-17(28-13)27-12-7-5-11(6-8-12)19(23,24)25/h1-8H,(H,27,28)(H2,26,29,30). The van der Waals surface area contributed by atoms with Gasteiger partial charge in [0, 0.05) is 11.3 Å². The zero-order valence-electron chi connectivity index (χ0n) is 15.2.